The third-order valence-corrected chi connectivity index (χ3v) is 7.17. The van der Waals surface area contributed by atoms with Crippen molar-refractivity contribution in [3.63, 3.8) is 0 Å². The van der Waals surface area contributed by atoms with E-state index in [0.717, 1.165) is 31.4 Å². The Morgan fingerprint density at radius 3 is 2.44 bits per heavy atom. The number of amides is 1. The average Bonchev–Trinajstić information content (AvgIpc) is 3.27. The number of aromatic nitrogens is 1. The molecule has 2 heterocycles. The first-order chi connectivity index (χ1) is 15.3. The lowest BCUT2D eigenvalue weighted by Crippen LogP contribution is -2.35. The third kappa shape index (κ3) is 4.71. The van der Waals surface area contributed by atoms with Crippen LogP contribution < -0.4 is 5.32 Å². The smallest absolute Gasteiger partial charge is 0.251 e. The molecule has 1 aromatic heterocycles. The number of benzene rings is 2. The van der Waals surface area contributed by atoms with Crippen molar-refractivity contribution in [3.05, 3.63) is 71.4 Å². The molecule has 1 aliphatic rings. The number of hydrogen-bond acceptors (Lipinski definition) is 5. The van der Waals surface area contributed by atoms with Crippen molar-refractivity contribution in [3.8, 4) is 11.3 Å². The first kappa shape index (κ1) is 22.1. The van der Waals surface area contributed by atoms with Crippen LogP contribution in [0.25, 0.3) is 11.3 Å². The molecule has 1 fully saturated rings. The van der Waals surface area contributed by atoms with Gasteiger partial charge in [-0.2, -0.15) is 4.31 Å². The minimum absolute atomic E-state index is 0.0129. The van der Waals surface area contributed by atoms with E-state index in [-0.39, 0.29) is 28.3 Å². The molecule has 0 atom stereocenters. The highest BCUT2D eigenvalue weighted by molar-refractivity contribution is 7.89. The number of rotatable bonds is 6. The fourth-order valence-corrected chi connectivity index (χ4v) is 5.03. The lowest BCUT2D eigenvalue weighted by Gasteiger charge is -2.25. The molecule has 1 saturated heterocycles. The topological polar surface area (TPSA) is 92.5 Å². The van der Waals surface area contributed by atoms with Gasteiger partial charge in [-0.05, 0) is 49.2 Å². The summed E-state index contributed by atoms with van der Waals surface area (Å²) in [6.45, 7) is 1.02. The van der Waals surface area contributed by atoms with E-state index >= 15 is 0 Å². The predicted molar refractivity (Wildman–Crippen MR) is 112 cm³/mol. The van der Waals surface area contributed by atoms with E-state index in [2.05, 4.69) is 10.5 Å². The maximum Gasteiger partial charge on any atom is 0.251 e. The van der Waals surface area contributed by atoms with E-state index in [9.17, 15) is 22.0 Å². The summed E-state index contributed by atoms with van der Waals surface area (Å²) >= 11 is 0. The normalized spacial score (nSPS) is 14.9. The number of halogens is 2. The van der Waals surface area contributed by atoms with Crippen molar-refractivity contribution in [2.75, 3.05) is 13.1 Å². The Hall–Kier alpha value is -3.11. The van der Waals surface area contributed by atoms with Gasteiger partial charge in [0.25, 0.3) is 5.91 Å². The molecule has 0 unspecified atom stereocenters. The van der Waals surface area contributed by atoms with Crippen molar-refractivity contribution >= 4 is 15.9 Å². The van der Waals surface area contributed by atoms with Gasteiger partial charge in [-0.3, -0.25) is 4.79 Å². The summed E-state index contributed by atoms with van der Waals surface area (Å²) < 4.78 is 58.9. The van der Waals surface area contributed by atoms with Gasteiger partial charge in [-0.15, -0.1) is 0 Å². The van der Waals surface area contributed by atoms with Gasteiger partial charge in [0.2, 0.25) is 10.0 Å². The molecule has 1 N–H and O–H groups in total. The van der Waals surface area contributed by atoms with Crippen LogP contribution in [0.2, 0.25) is 0 Å². The molecule has 0 bridgehead atoms. The molecule has 0 radical (unpaired) electrons. The highest BCUT2D eigenvalue weighted by Crippen LogP contribution is 2.24. The van der Waals surface area contributed by atoms with Crippen LogP contribution in [-0.2, 0) is 16.6 Å². The summed E-state index contributed by atoms with van der Waals surface area (Å²) in [5, 5.41) is 6.44. The Morgan fingerprint density at radius 2 is 1.75 bits per heavy atom. The minimum atomic E-state index is -3.56. The first-order valence-electron chi connectivity index (χ1n) is 10.1. The molecule has 4 rings (SSSR count). The van der Waals surface area contributed by atoms with Gasteiger partial charge in [-0.1, -0.05) is 11.6 Å². The molecule has 0 saturated carbocycles. The van der Waals surface area contributed by atoms with Crippen LogP contribution in [0.3, 0.4) is 0 Å². The van der Waals surface area contributed by atoms with Crippen molar-refractivity contribution in [2.45, 2.75) is 30.7 Å². The molecule has 10 heteroatoms. The maximum absolute atomic E-state index is 13.9. The Bertz CT molecular complexity index is 1220. The average molecular weight is 461 g/mol. The van der Waals surface area contributed by atoms with Gasteiger partial charge in [-0.25, -0.2) is 17.2 Å². The van der Waals surface area contributed by atoms with Gasteiger partial charge in [0, 0.05) is 30.8 Å². The van der Waals surface area contributed by atoms with Crippen molar-refractivity contribution in [1.29, 1.82) is 0 Å². The van der Waals surface area contributed by atoms with Crippen molar-refractivity contribution in [1.82, 2.24) is 14.8 Å². The highest BCUT2D eigenvalue weighted by Gasteiger charge is 2.26. The van der Waals surface area contributed by atoms with Gasteiger partial charge in [0.1, 0.15) is 17.3 Å². The Morgan fingerprint density at radius 1 is 1.03 bits per heavy atom. The molecule has 1 aliphatic heterocycles. The second-order valence-electron chi connectivity index (χ2n) is 7.48. The van der Waals surface area contributed by atoms with Crippen LogP contribution >= 0.6 is 0 Å². The molecule has 0 aliphatic carbocycles. The van der Waals surface area contributed by atoms with Gasteiger partial charge in [0.15, 0.2) is 5.76 Å². The van der Waals surface area contributed by atoms with E-state index in [1.807, 2.05) is 0 Å². The molecule has 32 heavy (non-hydrogen) atoms. The number of carbonyl (C=O) groups is 1. The summed E-state index contributed by atoms with van der Waals surface area (Å²) in [6.07, 6.45) is 2.71. The molecule has 7 nitrogen and oxygen atoms in total. The summed E-state index contributed by atoms with van der Waals surface area (Å²) in [5.41, 5.74) is 0.694. The van der Waals surface area contributed by atoms with E-state index in [1.54, 1.807) is 0 Å². The van der Waals surface area contributed by atoms with Crippen LogP contribution in [0.5, 0.6) is 0 Å². The third-order valence-electron chi connectivity index (χ3n) is 5.25. The summed E-state index contributed by atoms with van der Waals surface area (Å²) in [4.78, 5) is 12.6. The molecule has 0 spiro atoms. The standard InChI is InChI=1S/C22H21F2N3O4S/c23-16-6-9-19(20(24)12-16)21-13-17(26-31-21)14-25-22(28)15-4-7-18(8-5-15)32(29,30)27-10-2-1-3-11-27/h4-9,12-13H,1-3,10-11,14H2,(H,25,28). The largest absolute Gasteiger partial charge is 0.356 e. The van der Waals surface area contributed by atoms with E-state index < -0.39 is 27.6 Å². The monoisotopic (exact) mass is 461 g/mol. The maximum atomic E-state index is 13.9. The summed E-state index contributed by atoms with van der Waals surface area (Å²) in [7, 11) is -3.56. The lowest BCUT2D eigenvalue weighted by atomic mass is 10.1. The zero-order valence-electron chi connectivity index (χ0n) is 17.1. The Kier molecular flexibility index (Phi) is 6.33. The second-order valence-corrected chi connectivity index (χ2v) is 9.42. The SMILES string of the molecule is O=C(NCc1cc(-c2ccc(F)cc2F)on1)c1ccc(S(=O)(=O)N2CCCCC2)cc1. The number of nitrogens with one attached hydrogen (secondary N) is 1. The van der Waals surface area contributed by atoms with Crippen LogP contribution in [0.15, 0.2) is 57.9 Å². The quantitative estimate of drug-likeness (QED) is 0.604. The first-order valence-corrected chi connectivity index (χ1v) is 11.6. The number of hydrogen-bond donors (Lipinski definition) is 1. The van der Waals surface area contributed by atoms with Crippen LogP contribution in [0.1, 0.15) is 35.3 Å². The van der Waals surface area contributed by atoms with Crippen molar-refractivity contribution < 1.29 is 26.5 Å². The Labute approximate surface area is 184 Å². The number of nitrogens with zero attached hydrogens (tertiary/aromatic N) is 2. The fraction of sp³-hybridized carbons (Fsp3) is 0.273. The zero-order chi connectivity index (χ0) is 22.7. The number of carbonyl (C=O) groups excluding carboxylic acids is 1. The number of piperidine rings is 1. The zero-order valence-corrected chi connectivity index (χ0v) is 17.9. The molecular weight excluding hydrogens is 440 g/mol. The number of sulfonamides is 1. The second kappa shape index (κ2) is 9.17. The molecule has 1 amide bonds. The van der Waals surface area contributed by atoms with Gasteiger partial charge >= 0.3 is 0 Å². The van der Waals surface area contributed by atoms with E-state index in [4.69, 9.17) is 4.52 Å². The van der Waals surface area contributed by atoms with Crippen LogP contribution in [0.4, 0.5) is 8.78 Å². The molecule has 2 aromatic carbocycles. The molecule has 3 aromatic rings. The fourth-order valence-electron chi connectivity index (χ4n) is 3.52. The van der Waals surface area contributed by atoms with Crippen LogP contribution in [0, 0.1) is 11.6 Å². The summed E-state index contributed by atoms with van der Waals surface area (Å²) in [6, 6.07) is 10.3. The van der Waals surface area contributed by atoms with Gasteiger partial charge in [0.05, 0.1) is 17.0 Å². The van der Waals surface area contributed by atoms with Gasteiger partial charge < -0.3 is 9.84 Å². The van der Waals surface area contributed by atoms with E-state index in [1.165, 1.54) is 40.7 Å². The minimum Gasteiger partial charge on any atom is -0.356 e. The van der Waals surface area contributed by atoms with Crippen LogP contribution in [-0.4, -0.2) is 36.9 Å². The highest BCUT2D eigenvalue weighted by atomic mass is 32.2. The Balaban J connectivity index is 1.39. The lowest BCUT2D eigenvalue weighted by molar-refractivity contribution is 0.0950. The van der Waals surface area contributed by atoms with Crippen molar-refractivity contribution in [2.24, 2.45) is 0 Å². The molecule has 168 valence electrons. The summed E-state index contributed by atoms with van der Waals surface area (Å²) in [5.74, 6) is -1.80. The van der Waals surface area contributed by atoms with E-state index in [0.29, 0.717) is 18.8 Å². The molecular formula is C22H21F2N3O4S. The predicted octanol–water partition coefficient (Wildman–Crippen LogP) is 3.72.